The second-order valence-electron chi connectivity index (χ2n) is 5.17. The molecule has 0 saturated carbocycles. The average molecular weight is 472 g/mol. The number of rotatable bonds is 5. The number of anilines is 1. The molecule has 0 saturated heterocycles. The summed E-state index contributed by atoms with van der Waals surface area (Å²) in [5.74, 6) is -2.25. The van der Waals surface area contributed by atoms with Crippen molar-refractivity contribution in [2.45, 2.75) is 18.0 Å². The Balaban J connectivity index is 3.56. The molecule has 1 aromatic rings. The molecule has 0 aromatic heterocycles. The van der Waals surface area contributed by atoms with Crippen LogP contribution >= 0.6 is 23.2 Å². The molecule has 162 valence electrons. The third kappa shape index (κ3) is 5.04. The van der Waals surface area contributed by atoms with E-state index in [1.807, 2.05) is 0 Å². The van der Waals surface area contributed by atoms with E-state index in [0.717, 1.165) is 14.2 Å². The predicted molar refractivity (Wildman–Crippen MR) is 87.1 cm³/mol. The van der Waals surface area contributed by atoms with Crippen molar-refractivity contribution in [3.8, 4) is 0 Å². The SMILES string of the molecule is COC(=O)/C=C(/Nc1c(Cl)cc(C(F)(C(F)(F)F)C(F)(F)F)cc1Cl)C(=O)OC. The first-order valence-electron chi connectivity index (χ1n) is 7.07. The van der Waals surface area contributed by atoms with E-state index < -0.39 is 57.0 Å². The van der Waals surface area contributed by atoms with Gasteiger partial charge < -0.3 is 14.8 Å². The maximum absolute atomic E-state index is 14.2. The number of carbonyl (C=O) groups excluding carboxylic acids is 2. The molecule has 14 heteroatoms. The van der Waals surface area contributed by atoms with Gasteiger partial charge in [0.1, 0.15) is 5.70 Å². The molecule has 0 heterocycles. The van der Waals surface area contributed by atoms with E-state index in [1.165, 1.54) is 0 Å². The summed E-state index contributed by atoms with van der Waals surface area (Å²) < 4.78 is 100. The Hall–Kier alpha value is -2.21. The minimum Gasteiger partial charge on any atom is -0.466 e. The van der Waals surface area contributed by atoms with E-state index in [2.05, 4.69) is 14.8 Å². The lowest BCUT2D eigenvalue weighted by molar-refractivity contribution is -0.348. The Bertz CT molecular complexity index is 800. The van der Waals surface area contributed by atoms with E-state index in [4.69, 9.17) is 23.2 Å². The lowest BCUT2D eigenvalue weighted by Gasteiger charge is -2.30. The van der Waals surface area contributed by atoms with Crippen LogP contribution in [0.5, 0.6) is 0 Å². The Morgan fingerprint density at radius 3 is 1.72 bits per heavy atom. The Kier molecular flexibility index (Phi) is 7.41. The van der Waals surface area contributed by atoms with Gasteiger partial charge in [-0.3, -0.25) is 0 Å². The van der Waals surface area contributed by atoms with Crippen molar-refractivity contribution in [1.82, 2.24) is 0 Å². The van der Waals surface area contributed by atoms with Crippen LogP contribution in [-0.4, -0.2) is 38.5 Å². The molecule has 29 heavy (non-hydrogen) atoms. The third-order valence-electron chi connectivity index (χ3n) is 3.35. The number of halogens is 9. The zero-order valence-electron chi connectivity index (χ0n) is 14.3. The molecule has 0 aliphatic carbocycles. The summed E-state index contributed by atoms with van der Waals surface area (Å²) in [6, 6.07) is 0.0631. The summed E-state index contributed by atoms with van der Waals surface area (Å²) in [7, 11) is 1.86. The fourth-order valence-electron chi connectivity index (χ4n) is 1.95. The van der Waals surface area contributed by atoms with E-state index in [9.17, 15) is 40.3 Å². The van der Waals surface area contributed by atoms with Crippen LogP contribution in [0.25, 0.3) is 0 Å². The Labute approximate surface area is 168 Å². The summed E-state index contributed by atoms with van der Waals surface area (Å²) in [5, 5.41) is 0.296. The van der Waals surface area contributed by atoms with E-state index in [1.54, 1.807) is 0 Å². The monoisotopic (exact) mass is 471 g/mol. The van der Waals surface area contributed by atoms with Gasteiger partial charge in [-0.15, -0.1) is 0 Å². The van der Waals surface area contributed by atoms with Gasteiger partial charge in [-0.2, -0.15) is 26.3 Å². The molecule has 0 unspecified atom stereocenters. The molecular weight excluding hydrogens is 462 g/mol. The molecule has 0 aliphatic rings. The largest absolute Gasteiger partial charge is 0.466 e. The number of esters is 2. The van der Waals surface area contributed by atoms with Gasteiger partial charge in [0, 0.05) is 5.56 Å². The number of hydrogen-bond acceptors (Lipinski definition) is 5. The molecular formula is C15H10Cl2F7NO4. The van der Waals surface area contributed by atoms with E-state index in [-0.39, 0.29) is 12.1 Å². The molecule has 0 aliphatic heterocycles. The predicted octanol–water partition coefficient (Wildman–Crippen LogP) is 4.92. The molecule has 0 fully saturated rings. The summed E-state index contributed by atoms with van der Waals surface area (Å²) in [6.45, 7) is 0. The normalized spacial score (nSPS) is 13.1. The van der Waals surface area contributed by atoms with Gasteiger partial charge in [0.15, 0.2) is 0 Å². The van der Waals surface area contributed by atoms with Crippen molar-refractivity contribution in [2.24, 2.45) is 0 Å². The molecule has 1 aromatic carbocycles. The van der Waals surface area contributed by atoms with Gasteiger partial charge >= 0.3 is 30.0 Å². The van der Waals surface area contributed by atoms with Crippen LogP contribution in [0.15, 0.2) is 23.9 Å². The lowest BCUT2D eigenvalue weighted by atomic mass is 9.94. The number of nitrogens with one attached hydrogen (secondary N) is 1. The highest BCUT2D eigenvalue weighted by Gasteiger charge is 2.73. The number of ether oxygens (including phenoxy) is 2. The number of methoxy groups -OCH3 is 2. The Morgan fingerprint density at radius 1 is 0.931 bits per heavy atom. The van der Waals surface area contributed by atoms with Crippen LogP contribution < -0.4 is 5.32 Å². The van der Waals surface area contributed by atoms with Crippen molar-refractivity contribution >= 4 is 40.8 Å². The van der Waals surface area contributed by atoms with Gasteiger partial charge in [-0.05, 0) is 12.1 Å². The van der Waals surface area contributed by atoms with Crippen molar-refractivity contribution in [3.63, 3.8) is 0 Å². The summed E-state index contributed by atoms with van der Waals surface area (Å²) in [6.07, 6.45) is -12.2. The second kappa shape index (κ2) is 8.66. The fraction of sp³-hybridized carbons (Fsp3) is 0.333. The first-order valence-corrected chi connectivity index (χ1v) is 7.82. The number of carbonyl (C=O) groups is 2. The average Bonchev–Trinajstić information content (AvgIpc) is 2.59. The smallest absolute Gasteiger partial charge is 0.435 e. The molecule has 5 nitrogen and oxygen atoms in total. The highest BCUT2D eigenvalue weighted by Crippen LogP contribution is 2.54. The zero-order valence-corrected chi connectivity index (χ0v) is 15.8. The molecule has 0 bridgehead atoms. The molecule has 1 rings (SSSR count). The first-order chi connectivity index (χ1) is 13.1. The summed E-state index contributed by atoms with van der Waals surface area (Å²) in [4.78, 5) is 23.0. The van der Waals surface area contributed by atoms with Crippen molar-refractivity contribution < 1.29 is 49.8 Å². The molecule has 0 spiro atoms. The highest BCUT2D eigenvalue weighted by molar-refractivity contribution is 6.39. The van der Waals surface area contributed by atoms with Crippen LogP contribution in [0.1, 0.15) is 5.56 Å². The van der Waals surface area contributed by atoms with Crippen LogP contribution in [0.2, 0.25) is 10.0 Å². The fourth-order valence-corrected chi connectivity index (χ4v) is 2.53. The second-order valence-corrected chi connectivity index (χ2v) is 5.98. The molecule has 0 radical (unpaired) electrons. The van der Waals surface area contributed by atoms with Crippen LogP contribution in [0.3, 0.4) is 0 Å². The van der Waals surface area contributed by atoms with Crippen molar-refractivity contribution in [1.29, 1.82) is 0 Å². The van der Waals surface area contributed by atoms with Crippen molar-refractivity contribution in [3.05, 3.63) is 39.5 Å². The van der Waals surface area contributed by atoms with Gasteiger partial charge in [-0.1, -0.05) is 23.2 Å². The topological polar surface area (TPSA) is 64.6 Å². The third-order valence-corrected chi connectivity index (χ3v) is 3.95. The number of alkyl halides is 7. The van der Waals surface area contributed by atoms with E-state index in [0.29, 0.717) is 6.08 Å². The molecule has 1 N–H and O–H groups in total. The highest BCUT2D eigenvalue weighted by atomic mass is 35.5. The van der Waals surface area contributed by atoms with Gasteiger partial charge in [-0.25, -0.2) is 14.0 Å². The maximum atomic E-state index is 14.2. The quantitative estimate of drug-likeness (QED) is 0.375. The van der Waals surface area contributed by atoms with Crippen LogP contribution in [0.4, 0.5) is 36.4 Å². The van der Waals surface area contributed by atoms with Gasteiger partial charge in [0.25, 0.3) is 0 Å². The number of hydrogen-bond donors (Lipinski definition) is 1. The maximum Gasteiger partial charge on any atom is 0.435 e. The van der Waals surface area contributed by atoms with Crippen molar-refractivity contribution in [2.75, 3.05) is 19.5 Å². The van der Waals surface area contributed by atoms with E-state index >= 15 is 0 Å². The lowest BCUT2D eigenvalue weighted by Crippen LogP contribution is -2.50. The standard InChI is InChI=1S/C15H10Cl2F7NO4/c1-28-10(26)5-9(12(27)29-2)25-11-7(16)3-6(4-8(11)17)13(18,14(19,20)21)15(22,23)24/h3-5,25H,1-2H3/b9-5+. The minimum atomic E-state index is -6.38. The van der Waals surface area contributed by atoms with Crippen LogP contribution in [0, 0.1) is 0 Å². The summed E-state index contributed by atoms with van der Waals surface area (Å²) in [5.41, 5.74) is -8.97. The molecule has 0 atom stereocenters. The van der Waals surface area contributed by atoms with Gasteiger partial charge in [0.05, 0.1) is 36.0 Å². The minimum absolute atomic E-state index is 0.0315. The molecule has 0 amide bonds. The Morgan fingerprint density at radius 2 is 1.38 bits per heavy atom. The van der Waals surface area contributed by atoms with Gasteiger partial charge in [0.2, 0.25) is 0 Å². The number of benzene rings is 1. The zero-order chi connectivity index (χ0) is 22.8. The van der Waals surface area contributed by atoms with Crippen LogP contribution in [-0.2, 0) is 24.7 Å². The first kappa shape index (κ1) is 24.8. The summed E-state index contributed by atoms with van der Waals surface area (Å²) >= 11 is 11.3.